The van der Waals surface area contributed by atoms with Crippen LogP contribution >= 0.6 is 0 Å². The van der Waals surface area contributed by atoms with Crippen LogP contribution in [0, 0.1) is 0 Å². The monoisotopic (exact) mass is 286 g/mol. The predicted molar refractivity (Wildman–Crippen MR) is 69.2 cm³/mol. The van der Waals surface area contributed by atoms with Crippen LogP contribution in [0.3, 0.4) is 0 Å². The Balaban J connectivity index is 2.38. The number of esters is 1. The van der Waals surface area contributed by atoms with E-state index >= 15 is 0 Å². The van der Waals surface area contributed by atoms with Crippen molar-refractivity contribution in [2.24, 2.45) is 5.14 Å². The highest BCUT2D eigenvalue weighted by Crippen LogP contribution is 2.37. The van der Waals surface area contributed by atoms with Gasteiger partial charge < -0.3 is 9.30 Å². The highest BCUT2D eigenvalue weighted by atomic mass is 32.2. The van der Waals surface area contributed by atoms with Gasteiger partial charge in [0.2, 0.25) is 10.0 Å². The van der Waals surface area contributed by atoms with Crippen LogP contribution in [0.5, 0.6) is 0 Å². The normalized spacial score (nSPS) is 16.4. The maximum Gasteiger partial charge on any atom is 0.355 e. The Hall–Kier alpha value is -1.34. The lowest BCUT2D eigenvalue weighted by Crippen LogP contribution is -2.25. The number of primary sulfonamides is 1. The minimum atomic E-state index is -3.82. The Labute approximate surface area is 112 Å². The van der Waals surface area contributed by atoms with Crippen LogP contribution in [0.2, 0.25) is 0 Å². The summed E-state index contributed by atoms with van der Waals surface area (Å²) in [5.41, 5.74) is -0.390. The van der Waals surface area contributed by atoms with Gasteiger partial charge in [0.15, 0.2) is 0 Å². The first kappa shape index (κ1) is 14.1. The van der Waals surface area contributed by atoms with Crippen LogP contribution < -0.4 is 5.14 Å². The predicted octanol–water partition coefficient (Wildman–Crippen LogP) is 1.43. The summed E-state index contributed by atoms with van der Waals surface area (Å²) in [5.74, 6) is -0.533. The van der Waals surface area contributed by atoms with E-state index in [9.17, 15) is 13.2 Å². The van der Waals surface area contributed by atoms with Gasteiger partial charge in [-0.05, 0) is 39.7 Å². The summed E-state index contributed by atoms with van der Waals surface area (Å²) in [5, 5.41) is 5.09. The van der Waals surface area contributed by atoms with E-state index in [1.165, 1.54) is 12.3 Å². The number of nitrogens with two attached hydrogens (primary N) is 1. The van der Waals surface area contributed by atoms with Gasteiger partial charge in [-0.15, -0.1) is 0 Å². The molecule has 0 saturated heterocycles. The fraction of sp³-hybridized carbons (Fsp3) is 0.583. The van der Waals surface area contributed by atoms with Crippen molar-refractivity contribution in [1.29, 1.82) is 0 Å². The molecule has 1 saturated carbocycles. The molecule has 0 bridgehead atoms. The Kier molecular flexibility index (Phi) is 3.22. The first-order valence-electron chi connectivity index (χ1n) is 6.06. The van der Waals surface area contributed by atoms with Gasteiger partial charge >= 0.3 is 5.97 Å². The molecule has 1 heterocycles. The molecule has 106 valence electrons. The summed E-state index contributed by atoms with van der Waals surface area (Å²) in [7, 11) is -3.82. The number of carbonyl (C=O) groups is 1. The van der Waals surface area contributed by atoms with Crippen LogP contribution in [-0.4, -0.2) is 24.6 Å². The standard InChI is InChI=1S/C12H18N2O4S/c1-12(2,3)18-11(15)10-6-9(19(13,16)17)7-14(10)8-4-5-8/h6-8H,4-5H2,1-3H3,(H2,13,16,17). The zero-order valence-corrected chi connectivity index (χ0v) is 12.0. The zero-order valence-electron chi connectivity index (χ0n) is 11.2. The Morgan fingerprint density at radius 1 is 1.42 bits per heavy atom. The van der Waals surface area contributed by atoms with E-state index in [0.29, 0.717) is 0 Å². The SMILES string of the molecule is CC(C)(C)OC(=O)c1cc(S(N)(=O)=O)cn1C1CC1. The van der Waals surface area contributed by atoms with E-state index < -0.39 is 21.6 Å². The molecular weight excluding hydrogens is 268 g/mol. The van der Waals surface area contributed by atoms with E-state index in [0.717, 1.165) is 12.8 Å². The number of rotatable bonds is 3. The Morgan fingerprint density at radius 2 is 2.00 bits per heavy atom. The van der Waals surface area contributed by atoms with Crippen molar-refractivity contribution in [3.63, 3.8) is 0 Å². The van der Waals surface area contributed by atoms with Crippen molar-refractivity contribution >= 4 is 16.0 Å². The Bertz CT molecular complexity index is 606. The van der Waals surface area contributed by atoms with E-state index in [1.54, 1.807) is 25.3 Å². The third-order valence-electron chi connectivity index (χ3n) is 2.70. The van der Waals surface area contributed by atoms with Gasteiger partial charge in [0.05, 0.1) is 0 Å². The molecule has 0 radical (unpaired) electrons. The Morgan fingerprint density at radius 3 is 2.42 bits per heavy atom. The van der Waals surface area contributed by atoms with Crippen molar-refractivity contribution in [3.05, 3.63) is 18.0 Å². The second-order valence-corrected chi connectivity index (χ2v) is 7.31. The van der Waals surface area contributed by atoms with Crippen LogP contribution in [0.4, 0.5) is 0 Å². The van der Waals surface area contributed by atoms with E-state index in [2.05, 4.69) is 0 Å². The first-order chi connectivity index (χ1) is 8.58. The number of hydrogen-bond acceptors (Lipinski definition) is 4. The lowest BCUT2D eigenvalue weighted by Gasteiger charge is -2.20. The maximum absolute atomic E-state index is 12.1. The summed E-state index contributed by atoms with van der Waals surface area (Å²) in [6.45, 7) is 5.28. The van der Waals surface area contributed by atoms with Gasteiger partial charge in [-0.2, -0.15) is 0 Å². The number of carbonyl (C=O) groups excluding carboxylic acids is 1. The second kappa shape index (κ2) is 4.35. The molecule has 6 nitrogen and oxygen atoms in total. The van der Waals surface area contributed by atoms with Crippen molar-refractivity contribution in [2.45, 2.75) is 50.2 Å². The topological polar surface area (TPSA) is 91.4 Å². The third kappa shape index (κ3) is 3.36. The summed E-state index contributed by atoms with van der Waals surface area (Å²) < 4.78 is 29.6. The van der Waals surface area contributed by atoms with Crippen molar-refractivity contribution in [1.82, 2.24) is 4.57 Å². The fourth-order valence-corrected chi connectivity index (χ4v) is 2.29. The van der Waals surface area contributed by atoms with Gasteiger partial charge in [-0.1, -0.05) is 0 Å². The van der Waals surface area contributed by atoms with Gasteiger partial charge in [-0.3, -0.25) is 0 Å². The molecule has 0 atom stereocenters. The summed E-state index contributed by atoms with van der Waals surface area (Å²) in [4.78, 5) is 12.0. The molecule has 0 unspecified atom stereocenters. The lowest BCUT2D eigenvalue weighted by atomic mass is 10.2. The van der Waals surface area contributed by atoms with Crippen LogP contribution in [-0.2, 0) is 14.8 Å². The average molecular weight is 286 g/mol. The molecule has 1 aliphatic carbocycles. The molecule has 1 aliphatic rings. The van der Waals surface area contributed by atoms with Gasteiger partial charge in [0.1, 0.15) is 16.2 Å². The molecule has 0 spiro atoms. The summed E-state index contributed by atoms with van der Waals surface area (Å²) >= 11 is 0. The van der Waals surface area contributed by atoms with Crippen LogP contribution in [0.1, 0.15) is 50.1 Å². The third-order valence-corrected chi connectivity index (χ3v) is 3.58. The molecule has 0 aliphatic heterocycles. The number of aromatic nitrogens is 1. The van der Waals surface area contributed by atoms with Crippen LogP contribution in [0.25, 0.3) is 0 Å². The highest BCUT2D eigenvalue weighted by molar-refractivity contribution is 7.89. The molecule has 1 aromatic heterocycles. The van der Waals surface area contributed by atoms with Gasteiger partial charge in [0.25, 0.3) is 0 Å². The number of nitrogens with zero attached hydrogens (tertiary/aromatic N) is 1. The molecule has 19 heavy (non-hydrogen) atoms. The lowest BCUT2D eigenvalue weighted by molar-refractivity contribution is 0.00574. The molecule has 1 fully saturated rings. The molecular formula is C12H18N2O4S. The molecule has 7 heteroatoms. The molecule has 0 amide bonds. The van der Waals surface area contributed by atoms with E-state index in [4.69, 9.17) is 9.88 Å². The smallest absolute Gasteiger partial charge is 0.355 e. The number of sulfonamides is 1. The maximum atomic E-state index is 12.1. The second-order valence-electron chi connectivity index (χ2n) is 5.75. The highest BCUT2D eigenvalue weighted by Gasteiger charge is 2.31. The molecule has 2 N–H and O–H groups in total. The molecule has 2 rings (SSSR count). The van der Waals surface area contributed by atoms with Crippen molar-refractivity contribution in [2.75, 3.05) is 0 Å². The van der Waals surface area contributed by atoms with Gasteiger partial charge in [-0.25, -0.2) is 18.4 Å². The van der Waals surface area contributed by atoms with E-state index in [1.807, 2.05) is 0 Å². The van der Waals surface area contributed by atoms with E-state index in [-0.39, 0.29) is 16.6 Å². The summed E-state index contributed by atoms with van der Waals surface area (Å²) in [6.07, 6.45) is 3.26. The summed E-state index contributed by atoms with van der Waals surface area (Å²) in [6, 6.07) is 1.44. The van der Waals surface area contributed by atoms with Crippen molar-refractivity contribution < 1.29 is 17.9 Å². The van der Waals surface area contributed by atoms with Crippen LogP contribution in [0.15, 0.2) is 17.2 Å². The first-order valence-corrected chi connectivity index (χ1v) is 7.60. The molecule has 1 aromatic rings. The fourth-order valence-electron chi connectivity index (χ4n) is 1.76. The minimum Gasteiger partial charge on any atom is -0.455 e. The van der Waals surface area contributed by atoms with Gasteiger partial charge in [0, 0.05) is 12.2 Å². The minimum absolute atomic E-state index is 0.0553. The largest absolute Gasteiger partial charge is 0.455 e. The number of hydrogen-bond donors (Lipinski definition) is 1. The zero-order chi connectivity index (χ0) is 14.4. The number of ether oxygens (including phenoxy) is 1. The average Bonchev–Trinajstić information content (AvgIpc) is 2.92. The molecule has 0 aromatic carbocycles. The quantitative estimate of drug-likeness (QED) is 0.851. The van der Waals surface area contributed by atoms with Crippen molar-refractivity contribution in [3.8, 4) is 0 Å².